The molecule has 2 heterocycles. The molecule has 0 amide bonds. The summed E-state index contributed by atoms with van der Waals surface area (Å²) in [4.78, 5) is 4.59. The molecule has 164 valence electrons. The third-order valence-electron chi connectivity index (χ3n) is 4.58. The molecule has 2 aromatic rings. The van der Waals surface area contributed by atoms with Crippen molar-refractivity contribution in [2.24, 2.45) is 0 Å². The number of nitrogens with zero attached hydrogens (tertiary/aromatic N) is 1. The summed E-state index contributed by atoms with van der Waals surface area (Å²) >= 11 is 0. The molecule has 6 nitrogen and oxygen atoms in total. The van der Waals surface area contributed by atoms with Gasteiger partial charge in [0.2, 0.25) is 5.88 Å². The molecule has 1 atom stereocenters. The van der Waals surface area contributed by atoms with Crippen LogP contribution in [0.1, 0.15) is 11.1 Å². The molecule has 0 aliphatic carbocycles. The minimum Gasteiger partial charge on any atom is -0.496 e. The fourth-order valence-corrected chi connectivity index (χ4v) is 3.08. The van der Waals surface area contributed by atoms with E-state index in [1.54, 1.807) is 32.2 Å². The number of aromatic nitrogens is 1. The van der Waals surface area contributed by atoms with Gasteiger partial charge in [0.1, 0.15) is 24.2 Å². The summed E-state index contributed by atoms with van der Waals surface area (Å²) in [6.45, 7) is 4.12. The van der Waals surface area contributed by atoms with Gasteiger partial charge < -0.3 is 23.7 Å². The smallest absolute Gasteiger partial charge is 0.422 e. The Hall–Kier alpha value is -2.52. The highest BCUT2D eigenvalue weighted by Gasteiger charge is 2.28. The summed E-state index contributed by atoms with van der Waals surface area (Å²) in [5.74, 6) is 1.09. The summed E-state index contributed by atoms with van der Waals surface area (Å²) in [7, 11) is 1.55. The third kappa shape index (κ3) is 5.76. The van der Waals surface area contributed by atoms with E-state index < -0.39 is 12.8 Å². The van der Waals surface area contributed by atoms with Crippen molar-refractivity contribution in [3.63, 3.8) is 0 Å². The van der Waals surface area contributed by atoms with Gasteiger partial charge in [0.25, 0.3) is 0 Å². The lowest BCUT2D eigenvalue weighted by Gasteiger charge is -2.23. The highest BCUT2D eigenvalue weighted by Crippen LogP contribution is 2.35. The zero-order valence-electron chi connectivity index (χ0n) is 17.0. The molecule has 1 aromatic carbocycles. The second-order valence-corrected chi connectivity index (χ2v) is 6.90. The highest BCUT2D eigenvalue weighted by molar-refractivity contribution is 5.70. The van der Waals surface area contributed by atoms with Crippen molar-refractivity contribution in [3.05, 3.63) is 35.4 Å². The van der Waals surface area contributed by atoms with Crippen LogP contribution < -0.4 is 14.2 Å². The number of halogens is 3. The van der Waals surface area contributed by atoms with Crippen LogP contribution in [0.15, 0.2) is 24.3 Å². The van der Waals surface area contributed by atoms with Gasteiger partial charge in [-0.3, -0.25) is 0 Å². The molecule has 1 fully saturated rings. The fourth-order valence-electron chi connectivity index (χ4n) is 3.08. The van der Waals surface area contributed by atoms with Crippen LogP contribution in [0.4, 0.5) is 13.2 Å². The summed E-state index contributed by atoms with van der Waals surface area (Å²) < 4.78 is 64.2. The predicted octanol–water partition coefficient (Wildman–Crippen LogP) is 4.11. The zero-order valence-corrected chi connectivity index (χ0v) is 17.0. The minimum absolute atomic E-state index is 0.139. The number of hydrogen-bond acceptors (Lipinski definition) is 6. The van der Waals surface area contributed by atoms with Gasteiger partial charge in [0.05, 0.1) is 32.6 Å². The lowest BCUT2D eigenvalue weighted by Crippen LogP contribution is -2.33. The first-order chi connectivity index (χ1) is 14.3. The molecule has 0 bridgehead atoms. The Labute approximate surface area is 172 Å². The topological polar surface area (TPSA) is 59.0 Å². The van der Waals surface area contributed by atoms with Crippen molar-refractivity contribution >= 4 is 0 Å². The van der Waals surface area contributed by atoms with Crippen LogP contribution in [0.2, 0.25) is 0 Å². The molecule has 0 saturated carbocycles. The highest BCUT2D eigenvalue weighted by atomic mass is 19.4. The van der Waals surface area contributed by atoms with E-state index in [9.17, 15) is 13.2 Å². The summed E-state index contributed by atoms with van der Waals surface area (Å²) in [6.07, 6.45) is -4.57. The van der Waals surface area contributed by atoms with Gasteiger partial charge >= 0.3 is 6.18 Å². The average molecular weight is 427 g/mol. The molecular formula is C21H24F3NO5. The maximum absolute atomic E-state index is 12.4. The lowest BCUT2D eigenvalue weighted by molar-refractivity contribution is -0.153. The van der Waals surface area contributed by atoms with E-state index in [4.69, 9.17) is 23.7 Å². The summed E-state index contributed by atoms with van der Waals surface area (Å²) in [5.41, 5.74) is 2.86. The Morgan fingerprint density at radius 1 is 1.13 bits per heavy atom. The number of ether oxygens (including phenoxy) is 5. The molecule has 3 rings (SSSR count). The molecule has 0 N–H and O–H groups in total. The maximum Gasteiger partial charge on any atom is 0.422 e. The predicted molar refractivity (Wildman–Crippen MR) is 103 cm³/mol. The molecule has 1 saturated heterocycles. The second-order valence-electron chi connectivity index (χ2n) is 6.90. The Kier molecular flexibility index (Phi) is 7.04. The van der Waals surface area contributed by atoms with Gasteiger partial charge in [-0.1, -0.05) is 0 Å². The van der Waals surface area contributed by atoms with Gasteiger partial charge in [-0.05, 0) is 37.6 Å². The molecular weight excluding hydrogens is 403 g/mol. The summed E-state index contributed by atoms with van der Waals surface area (Å²) in [6, 6.07) is 6.41. The monoisotopic (exact) mass is 427 g/mol. The summed E-state index contributed by atoms with van der Waals surface area (Å²) in [5, 5.41) is 0. The Balaban J connectivity index is 1.83. The molecule has 1 aliphatic heterocycles. The van der Waals surface area contributed by atoms with E-state index in [-0.39, 0.29) is 18.5 Å². The number of pyridine rings is 1. The van der Waals surface area contributed by atoms with Crippen LogP contribution in [0.3, 0.4) is 0 Å². The van der Waals surface area contributed by atoms with Crippen LogP contribution in [0.5, 0.6) is 17.4 Å². The van der Waals surface area contributed by atoms with Crippen molar-refractivity contribution < 1.29 is 36.9 Å². The molecule has 1 aromatic heterocycles. The first kappa shape index (κ1) is 22.2. The van der Waals surface area contributed by atoms with Gasteiger partial charge in [0.15, 0.2) is 6.61 Å². The molecule has 0 unspecified atom stereocenters. The molecule has 1 aliphatic rings. The van der Waals surface area contributed by atoms with Crippen molar-refractivity contribution in [1.82, 2.24) is 4.98 Å². The first-order valence-electron chi connectivity index (χ1n) is 9.45. The van der Waals surface area contributed by atoms with E-state index in [1.165, 1.54) is 6.07 Å². The fraction of sp³-hybridized carbons (Fsp3) is 0.476. The van der Waals surface area contributed by atoms with E-state index in [0.717, 1.165) is 11.1 Å². The van der Waals surface area contributed by atoms with Gasteiger partial charge in [-0.25, -0.2) is 4.98 Å². The van der Waals surface area contributed by atoms with Crippen LogP contribution in [-0.2, 0) is 9.47 Å². The number of hydrogen-bond donors (Lipinski definition) is 0. The SMILES string of the molecule is COc1cc(OC[C@H]2COCCO2)nc(-c2ccc(OCC(F)(F)F)cc2C)c1C. The number of rotatable bonds is 7. The van der Waals surface area contributed by atoms with Crippen LogP contribution in [0, 0.1) is 13.8 Å². The van der Waals surface area contributed by atoms with Crippen molar-refractivity contribution in [1.29, 1.82) is 0 Å². The minimum atomic E-state index is -4.39. The average Bonchev–Trinajstić information content (AvgIpc) is 2.72. The van der Waals surface area contributed by atoms with Crippen molar-refractivity contribution in [2.45, 2.75) is 26.1 Å². The third-order valence-corrected chi connectivity index (χ3v) is 4.58. The number of aryl methyl sites for hydroxylation is 1. The molecule has 0 radical (unpaired) electrons. The Morgan fingerprint density at radius 3 is 2.57 bits per heavy atom. The van der Waals surface area contributed by atoms with E-state index in [1.807, 2.05) is 6.92 Å². The normalized spacial score (nSPS) is 16.9. The zero-order chi connectivity index (χ0) is 21.7. The van der Waals surface area contributed by atoms with Crippen molar-refractivity contribution in [3.8, 4) is 28.6 Å². The van der Waals surface area contributed by atoms with Crippen LogP contribution in [-0.4, -0.2) is 57.4 Å². The quantitative estimate of drug-likeness (QED) is 0.663. The largest absolute Gasteiger partial charge is 0.496 e. The van der Waals surface area contributed by atoms with Gasteiger partial charge in [-0.15, -0.1) is 0 Å². The van der Waals surface area contributed by atoms with E-state index in [0.29, 0.717) is 42.7 Å². The number of methoxy groups -OCH3 is 1. The Morgan fingerprint density at radius 2 is 1.93 bits per heavy atom. The molecule has 9 heteroatoms. The number of alkyl halides is 3. The molecule has 0 spiro atoms. The first-order valence-corrected chi connectivity index (χ1v) is 9.45. The van der Waals surface area contributed by atoms with E-state index >= 15 is 0 Å². The van der Waals surface area contributed by atoms with Gasteiger partial charge in [0, 0.05) is 17.2 Å². The lowest BCUT2D eigenvalue weighted by atomic mass is 10.0. The van der Waals surface area contributed by atoms with Crippen molar-refractivity contribution in [2.75, 3.05) is 40.1 Å². The standard InChI is InChI=1S/C21H24F3NO5/c1-13-8-15(30-12-21(22,23)24)4-5-17(13)20-14(2)18(26-3)9-19(25-20)29-11-16-10-27-6-7-28-16/h4-5,8-9,16H,6-7,10-12H2,1-3H3/t16-/m1/s1. The number of benzene rings is 1. The second kappa shape index (κ2) is 9.53. The molecule has 30 heavy (non-hydrogen) atoms. The van der Waals surface area contributed by atoms with Gasteiger partial charge in [-0.2, -0.15) is 13.2 Å². The van der Waals surface area contributed by atoms with E-state index in [2.05, 4.69) is 4.98 Å². The Bertz CT molecular complexity index is 866. The maximum atomic E-state index is 12.4. The van der Waals surface area contributed by atoms with Crippen LogP contribution in [0.25, 0.3) is 11.3 Å². The van der Waals surface area contributed by atoms with Crippen LogP contribution >= 0.6 is 0 Å².